The number of carbonyl (C=O) groups is 3. The second kappa shape index (κ2) is 11.1. The Morgan fingerprint density at radius 3 is 0.914 bits per heavy atom. The summed E-state index contributed by atoms with van der Waals surface area (Å²) in [4.78, 5) is 37.3. The fourth-order valence-electron chi connectivity index (χ4n) is 3.15. The van der Waals surface area contributed by atoms with Crippen molar-refractivity contribution in [2.24, 2.45) is 0 Å². The summed E-state index contributed by atoms with van der Waals surface area (Å²) in [6, 6.07) is 27.6. The van der Waals surface area contributed by atoms with Crippen molar-refractivity contribution in [3.05, 3.63) is 123 Å². The number of hydrogen-bond donors (Lipinski definition) is 3. The molecule has 6 nitrogen and oxygen atoms in total. The standard InChI is InChI=1S/C27H19Br2N3O3/c28-20-7-1-17(2-8-20)25(33)30-22-11-5-19(6-12-22)27(35)32-24-15-13-23(14-16-24)31-26(34)18-3-9-21(29)10-4-18/h1-16H,(H,30,33)(H,31,34)(H,32,35). The van der Waals surface area contributed by atoms with Gasteiger partial charge in [-0.3, -0.25) is 14.4 Å². The molecule has 0 heterocycles. The summed E-state index contributed by atoms with van der Waals surface area (Å²) in [6.45, 7) is 0. The van der Waals surface area contributed by atoms with Crippen LogP contribution in [-0.2, 0) is 0 Å². The number of benzene rings is 4. The summed E-state index contributed by atoms with van der Waals surface area (Å²) in [6.07, 6.45) is 0. The van der Waals surface area contributed by atoms with Gasteiger partial charge in [0.15, 0.2) is 0 Å². The molecule has 3 N–H and O–H groups in total. The molecule has 0 atom stereocenters. The summed E-state index contributed by atoms with van der Waals surface area (Å²) >= 11 is 6.69. The minimum atomic E-state index is -0.289. The Balaban J connectivity index is 1.32. The molecule has 0 bridgehead atoms. The van der Waals surface area contributed by atoms with Gasteiger partial charge in [0.25, 0.3) is 17.7 Å². The Hall–Kier alpha value is -3.75. The second-order valence-corrected chi connectivity index (χ2v) is 9.36. The SMILES string of the molecule is O=C(Nc1ccc(NC(=O)c2ccc(NC(=O)c3ccc(Br)cc3)cc2)cc1)c1ccc(Br)cc1. The zero-order chi connectivity index (χ0) is 24.8. The number of nitrogens with one attached hydrogen (secondary N) is 3. The summed E-state index contributed by atoms with van der Waals surface area (Å²) in [5, 5.41) is 8.45. The van der Waals surface area contributed by atoms with Crippen molar-refractivity contribution in [3.8, 4) is 0 Å². The molecule has 8 heteroatoms. The Morgan fingerprint density at radius 1 is 0.400 bits per heavy atom. The summed E-state index contributed by atoms with van der Waals surface area (Å²) in [7, 11) is 0. The monoisotopic (exact) mass is 591 g/mol. The topological polar surface area (TPSA) is 87.3 Å². The van der Waals surface area contributed by atoms with Gasteiger partial charge in [-0.1, -0.05) is 31.9 Å². The third-order valence-corrected chi connectivity index (χ3v) is 6.08. The third kappa shape index (κ3) is 6.65. The Kier molecular flexibility index (Phi) is 7.74. The molecule has 174 valence electrons. The van der Waals surface area contributed by atoms with Gasteiger partial charge in [-0.2, -0.15) is 0 Å². The molecular weight excluding hydrogens is 574 g/mol. The van der Waals surface area contributed by atoms with Gasteiger partial charge in [0.1, 0.15) is 0 Å². The minimum absolute atomic E-state index is 0.221. The van der Waals surface area contributed by atoms with Gasteiger partial charge in [0.05, 0.1) is 0 Å². The number of amides is 3. The van der Waals surface area contributed by atoms with Gasteiger partial charge in [0.2, 0.25) is 0 Å². The lowest BCUT2D eigenvalue weighted by atomic mass is 10.1. The van der Waals surface area contributed by atoms with Crippen LogP contribution in [0, 0.1) is 0 Å². The molecule has 0 radical (unpaired) electrons. The van der Waals surface area contributed by atoms with Crippen LogP contribution in [0.1, 0.15) is 31.1 Å². The first-order valence-electron chi connectivity index (χ1n) is 10.5. The number of anilines is 3. The van der Waals surface area contributed by atoms with Crippen LogP contribution in [0.3, 0.4) is 0 Å². The van der Waals surface area contributed by atoms with Crippen molar-refractivity contribution in [2.45, 2.75) is 0 Å². The van der Waals surface area contributed by atoms with E-state index in [1.54, 1.807) is 97.1 Å². The predicted molar refractivity (Wildman–Crippen MR) is 145 cm³/mol. The van der Waals surface area contributed by atoms with Crippen LogP contribution >= 0.6 is 31.9 Å². The van der Waals surface area contributed by atoms with Gasteiger partial charge in [-0.05, 0) is 97.1 Å². The highest BCUT2D eigenvalue weighted by Crippen LogP contribution is 2.18. The largest absolute Gasteiger partial charge is 0.322 e. The molecule has 0 unspecified atom stereocenters. The van der Waals surface area contributed by atoms with Crippen LogP contribution in [0.4, 0.5) is 17.1 Å². The maximum absolute atomic E-state index is 12.6. The molecular formula is C27H19Br2N3O3. The molecule has 0 aliphatic heterocycles. The Morgan fingerprint density at radius 2 is 0.629 bits per heavy atom. The highest BCUT2D eigenvalue weighted by atomic mass is 79.9. The van der Waals surface area contributed by atoms with Crippen molar-refractivity contribution in [1.82, 2.24) is 0 Å². The molecule has 4 rings (SSSR count). The highest BCUT2D eigenvalue weighted by Gasteiger charge is 2.10. The lowest BCUT2D eigenvalue weighted by molar-refractivity contribution is 0.101. The first-order chi connectivity index (χ1) is 16.9. The fourth-order valence-corrected chi connectivity index (χ4v) is 3.68. The first-order valence-corrected chi connectivity index (χ1v) is 12.1. The van der Waals surface area contributed by atoms with E-state index in [4.69, 9.17) is 0 Å². The van der Waals surface area contributed by atoms with Crippen LogP contribution in [0.25, 0.3) is 0 Å². The van der Waals surface area contributed by atoms with Gasteiger partial charge >= 0.3 is 0 Å². The molecule has 4 aromatic rings. The molecule has 0 saturated carbocycles. The Bertz CT molecular complexity index is 1350. The number of carbonyl (C=O) groups excluding carboxylic acids is 3. The summed E-state index contributed by atoms with van der Waals surface area (Å²) in [5.74, 6) is -0.744. The third-order valence-electron chi connectivity index (χ3n) is 5.02. The van der Waals surface area contributed by atoms with Crippen molar-refractivity contribution in [3.63, 3.8) is 0 Å². The van der Waals surface area contributed by atoms with E-state index in [1.807, 2.05) is 0 Å². The molecule has 35 heavy (non-hydrogen) atoms. The van der Waals surface area contributed by atoms with E-state index in [9.17, 15) is 14.4 Å². The van der Waals surface area contributed by atoms with E-state index < -0.39 is 0 Å². The number of halogens is 2. The molecule has 0 saturated heterocycles. The van der Waals surface area contributed by atoms with Crippen LogP contribution < -0.4 is 16.0 Å². The highest BCUT2D eigenvalue weighted by molar-refractivity contribution is 9.10. The van der Waals surface area contributed by atoms with Crippen molar-refractivity contribution in [2.75, 3.05) is 16.0 Å². The Labute approximate surface area is 219 Å². The molecule has 0 aromatic heterocycles. The van der Waals surface area contributed by atoms with Crippen molar-refractivity contribution in [1.29, 1.82) is 0 Å². The van der Waals surface area contributed by atoms with E-state index in [-0.39, 0.29) is 17.7 Å². The molecule has 0 fully saturated rings. The van der Waals surface area contributed by atoms with Gasteiger partial charge in [-0.25, -0.2) is 0 Å². The number of rotatable bonds is 6. The lowest BCUT2D eigenvalue weighted by Crippen LogP contribution is -2.14. The zero-order valence-corrected chi connectivity index (χ0v) is 21.4. The molecule has 0 spiro atoms. The molecule has 0 aliphatic rings. The summed E-state index contributed by atoms with van der Waals surface area (Å²) < 4.78 is 1.79. The number of hydrogen-bond acceptors (Lipinski definition) is 3. The van der Waals surface area contributed by atoms with Gasteiger partial charge in [-0.15, -0.1) is 0 Å². The average molecular weight is 593 g/mol. The van der Waals surface area contributed by atoms with Crippen LogP contribution in [0.5, 0.6) is 0 Å². The summed E-state index contributed by atoms with van der Waals surface area (Å²) in [5.41, 5.74) is 3.30. The van der Waals surface area contributed by atoms with Crippen LogP contribution in [-0.4, -0.2) is 17.7 Å². The van der Waals surface area contributed by atoms with Gasteiger partial charge < -0.3 is 16.0 Å². The van der Waals surface area contributed by atoms with E-state index >= 15 is 0 Å². The lowest BCUT2D eigenvalue weighted by Gasteiger charge is -2.09. The van der Waals surface area contributed by atoms with Crippen LogP contribution in [0.15, 0.2) is 106 Å². The fraction of sp³-hybridized carbons (Fsp3) is 0. The molecule has 4 aromatic carbocycles. The van der Waals surface area contributed by atoms with Crippen LogP contribution in [0.2, 0.25) is 0 Å². The van der Waals surface area contributed by atoms with Crippen molar-refractivity contribution >= 4 is 66.6 Å². The maximum Gasteiger partial charge on any atom is 0.255 e. The maximum atomic E-state index is 12.6. The average Bonchev–Trinajstić information content (AvgIpc) is 2.86. The van der Waals surface area contributed by atoms with E-state index in [2.05, 4.69) is 47.8 Å². The normalized spacial score (nSPS) is 10.3. The van der Waals surface area contributed by atoms with E-state index in [1.165, 1.54) is 0 Å². The first kappa shape index (κ1) is 24.4. The molecule has 0 aliphatic carbocycles. The quantitative estimate of drug-likeness (QED) is 0.226. The van der Waals surface area contributed by atoms with Crippen molar-refractivity contribution < 1.29 is 14.4 Å². The van der Waals surface area contributed by atoms with E-state index in [0.29, 0.717) is 33.8 Å². The second-order valence-electron chi connectivity index (χ2n) is 7.53. The predicted octanol–water partition coefficient (Wildman–Crippen LogP) is 6.97. The van der Waals surface area contributed by atoms with E-state index in [0.717, 1.165) is 8.95 Å². The zero-order valence-electron chi connectivity index (χ0n) is 18.2. The van der Waals surface area contributed by atoms with Gasteiger partial charge in [0, 0.05) is 42.7 Å². The minimum Gasteiger partial charge on any atom is -0.322 e. The molecule has 3 amide bonds. The smallest absolute Gasteiger partial charge is 0.255 e.